The van der Waals surface area contributed by atoms with E-state index >= 15 is 0 Å². The van der Waals surface area contributed by atoms with Crippen molar-refractivity contribution in [3.63, 3.8) is 0 Å². The summed E-state index contributed by atoms with van der Waals surface area (Å²) in [5, 5.41) is 4.09. The van der Waals surface area contributed by atoms with Crippen molar-refractivity contribution in [2.75, 3.05) is 5.73 Å². The molecule has 4 aromatic rings. The number of nitrogens with one attached hydrogen (secondary N) is 1. The lowest BCUT2D eigenvalue weighted by Gasteiger charge is -2.12. The SMILES string of the molecule is Cc1cnc2ccc(Cc3cc(C(=O)NCc4c(C)cc(N)nc4C)ccn3)cc2c1. The van der Waals surface area contributed by atoms with Crippen molar-refractivity contribution < 1.29 is 4.79 Å². The second kappa shape index (κ2) is 8.52. The summed E-state index contributed by atoms with van der Waals surface area (Å²) in [4.78, 5) is 25.9. The number of carbonyl (C=O) groups is 1. The first-order chi connectivity index (χ1) is 14.9. The highest BCUT2D eigenvalue weighted by atomic mass is 16.1. The van der Waals surface area contributed by atoms with E-state index in [2.05, 4.69) is 38.5 Å². The van der Waals surface area contributed by atoms with Crippen molar-refractivity contribution in [1.29, 1.82) is 0 Å². The predicted molar refractivity (Wildman–Crippen MR) is 123 cm³/mol. The summed E-state index contributed by atoms with van der Waals surface area (Å²) < 4.78 is 0. The Hall–Kier alpha value is -3.80. The molecule has 31 heavy (non-hydrogen) atoms. The van der Waals surface area contributed by atoms with Gasteiger partial charge in [0.1, 0.15) is 5.82 Å². The molecule has 4 rings (SSSR count). The lowest BCUT2D eigenvalue weighted by atomic mass is 10.0. The van der Waals surface area contributed by atoms with Gasteiger partial charge < -0.3 is 11.1 Å². The number of hydrogen-bond acceptors (Lipinski definition) is 5. The molecule has 156 valence electrons. The first-order valence-corrected chi connectivity index (χ1v) is 10.2. The lowest BCUT2D eigenvalue weighted by Crippen LogP contribution is -2.24. The van der Waals surface area contributed by atoms with Gasteiger partial charge in [0, 0.05) is 47.7 Å². The van der Waals surface area contributed by atoms with Crippen LogP contribution in [-0.2, 0) is 13.0 Å². The summed E-state index contributed by atoms with van der Waals surface area (Å²) in [5.74, 6) is 0.348. The van der Waals surface area contributed by atoms with E-state index in [1.807, 2.05) is 45.2 Å². The maximum Gasteiger partial charge on any atom is 0.251 e. The molecular weight excluding hydrogens is 386 g/mol. The van der Waals surface area contributed by atoms with Gasteiger partial charge in [0.05, 0.1) is 5.52 Å². The summed E-state index contributed by atoms with van der Waals surface area (Å²) in [5.41, 5.74) is 13.3. The Morgan fingerprint density at radius 1 is 1.03 bits per heavy atom. The summed E-state index contributed by atoms with van der Waals surface area (Å²) >= 11 is 0. The van der Waals surface area contributed by atoms with Crippen LogP contribution in [0.5, 0.6) is 0 Å². The van der Waals surface area contributed by atoms with Gasteiger partial charge in [0.25, 0.3) is 5.91 Å². The number of rotatable bonds is 5. The van der Waals surface area contributed by atoms with E-state index < -0.39 is 0 Å². The summed E-state index contributed by atoms with van der Waals surface area (Å²) in [6.07, 6.45) is 4.19. The number of nitrogens with zero attached hydrogens (tertiary/aromatic N) is 3. The molecule has 0 bridgehead atoms. The van der Waals surface area contributed by atoms with Crippen molar-refractivity contribution in [2.24, 2.45) is 0 Å². The number of anilines is 1. The molecule has 0 atom stereocenters. The Labute approximate surface area is 181 Å². The molecule has 3 aromatic heterocycles. The highest BCUT2D eigenvalue weighted by molar-refractivity contribution is 5.94. The molecule has 6 nitrogen and oxygen atoms in total. The Kier molecular flexibility index (Phi) is 5.62. The minimum Gasteiger partial charge on any atom is -0.384 e. The molecule has 3 heterocycles. The van der Waals surface area contributed by atoms with Crippen LogP contribution in [-0.4, -0.2) is 20.9 Å². The molecule has 0 aliphatic rings. The van der Waals surface area contributed by atoms with Gasteiger partial charge in [0.2, 0.25) is 0 Å². The van der Waals surface area contributed by atoms with Crippen LogP contribution >= 0.6 is 0 Å². The van der Waals surface area contributed by atoms with E-state index in [1.54, 1.807) is 12.3 Å². The highest BCUT2D eigenvalue weighted by Gasteiger charge is 2.11. The fourth-order valence-electron chi connectivity index (χ4n) is 3.75. The minimum absolute atomic E-state index is 0.141. The smallest absolute Gasteiger partial charge is 0.251 e. The third kappa shape index (κ3) is 4.69. The second-order valence-corrected chi connectivity index (χ2v) is 7.86. The van der Waals surface area contributed by atoms with Crippen LogP contribution in [0.3, 0.4) is 0 Å². The Morgan fingerprint density at radius 3 is 2.68 bits per heavy atom. The van der Waals surface area contributed by atoms with E-state index in [9.17, 15) is 4.79 Å². The Bertz CT molecular complexity index is 1260. The Balaban J connectivity index is 1.48. The first kappa shape index (κ1) is 20.5. The number of hydrogen-bond donors (Lipinski definition) is 2. The maximum absolute atomic E-state index is 12.7. The highest BCUT2D eigenvalue weighted by Crippen LogP contribution is 2.18. The number of benzene rings is 1. The molecule has 0 radical (unpaired) electrons. The first-order valence-electron chi connectivity index (χ1n) is 10.2. The predicted octanol–water partition coefficient (Wildman–Crippen LogP) is 4.05. The van der Waals surface area contributed by atoms with Crippen LogP contribution in [0.25, 0.3) is 10.9 Å². The lowest BCUT2D eigenvalue weighted by molar-refractivity contribution is 0.0950. The van der Waals surface area contributed by atoms with Crippen molar-refractivity contribution >= 4 is 22.6 Å². The van der Waals surface area contributed by atoms with Gasteiger partial charge in [-0.1, -0.05) is 6.07 Å². The third-order valence-corrected chi connectivity index (χ3v) is 5.35. The van der Waals surface area contributed by atoms with Gasteiger partial charge in [-0.15, -0.1) is 0 Å². The molecule has 0 saturated carbocycles. The number of nitrogen functional groups attached to an aromatic ring is 1. The number of amides is 1. The van der Waals surface area contributed by atoms with Gasteiger partial charge in [0.15, 0.2) is 0 Å². The molecule has 0 saturated heterocycles. The zero-order valence-electron chi connectivity index (χ0n) is 17.9. The van der Waals surface area contributed by atoms with Crippen LogP contribution in [0, 0.1) is 20.8 Å². The fraction of sp³-hybridized carbons (Fsp3) is 0.200. The standard InChI is InChI=1S/C25H25N5O/c1-15-8-20-10-18(4-5-23(20)28-13-15)11-21-12-19(6-7-27-21)25(31)29-14-22-16(2)9-24(26)30-17(22)3/h4-10,12-13H,11,14H2,1-3H3,(H2,26,30)(H,29,31). The van der Waals surface area contributed by atoms with Gasteiger partial charge in [-0.05, 0) is 79.4 Å². The number of aromatic nitrogens is 3. The minimum atomic E-state index is -0.141. The van der Waals surface area contributed by atoms with Gasteiger partial charge in [-0.25, -0.2) is 4.98 Å². The molecule has 1 amide bonds. The molecule has 6 heteroatoms. The van der Waals surface area contributed by atoms with Gasteiger partial charge >= 0.3 is 0 Å². The van der Waals surface area contributed by atoms with E-state index in [4.69, 9.17) is 5.73 Å². The number of nitrogens with two attached hydrogens (primary N) is 1. The zero-order valence-corrected chi connectivity index (χ0v) is 17.9. The number of carbonyl (C=O) groups excluding carboxylic acids is 1. The number of pyridine rings is 3. The number of fused-ring (bicyclic) bond motifs is 1. The average Bonchev–Trinajstić information content (AvgIpc) is 2.72. The number of aryl methyl sites for hydroxylation is 3. The van der Waals surface area contributed by atoms with Crippen molar-refractivity contribution in [2.45, 2.75) is 33.7 Å². The van der Waals surface area contributed by atoms with E-state index in [1.165, 1.54) is 0 Å². The average molecular weight is 412 g/mol. The van der Waals surface area contributed by atoms with Gasteiger partial charge in [-0.2, -0.15) is 0 Å². The van der Waals surface area contributed by atoms with Crippen LogP contribution in [0.15, 0.2) is 54.9 Å². The summed E-state index contributed by atoms with van der Waals surface area (Å²) in [7, 11) is 0. The molecule has 0 unspecified atom stereocenters. The molecule has 0 aliphatic carbocycles. The fourth-order valence-corrected chi connectivity index (χ4v) is 3.75. The normalized spacial score (nSPS) is 10.9. The van der Waals surface area contributed by atoms with Crippen LogP contribution < -0.4 is 11.1 Å². The van der Waals surface area contributed by atoms with Crippen LogP contribution in [0.2, 0.25) is 0 Å². The maximum atomic E-state index is 12.7. The van der Waals surface area contributed by atoms with Crippen LogP contribution in [0.1, 0.15) is 44.0 Å². The molecule has 0 fully saturated rings. The van der Waals surface area contributed by atoms with Crippen LogP contribution in [0.4, 0.5) is 5.82 Å². The van der Waals surface area contributed by atoms with Crippen molar-refractivity contribution in [3.8, 4) is 0 Å². The summed E-state index contributed by atoms with van der Waals surface area (Å²) in [6, 6.07) is 13.7. The molecule has 1 aromatic carbocycles. The quantitative estimate of drug-likeness (QED) is 0.517. The van der Waals surface area contributed by atoms with Crippen molar-refractivity contribution in [3.05, 3.63) is 94.1 Å². The topological polar surface area (TPSA) is 93.8 Å². The third-order valence-electron chi connectivity index (χ3n) is 5.35. The van der Waals surface area contributed by atoms with Crippen molar-refractivity contribution in [1.82, 2.24) is 20.3 Å². The monoisotopic (exact) mass is 411 g/mol. The zero-order chi connectivity index (χ0) is 22.0. The van der Waals surface area contributed by atoms with E-state index in [0.29, 0.717) is 24.3 Å². The van der Waals surface area contributed by atoms with Gasteiger partial charge in [-0.3, -0.25) is 14.8 Å². The molecule has 0 aliphatic heterocycles. The molecular formula is C25H25N5O. The van der Waals surface area contributed by atoms with E-state index in [0.717, 1.165) is 44.5 Å². The summed E-state index contributed by atoms with van der Waals surface area (Å²) in [6.45, 7) is 6.30. The molecule has 0 spiro atoms. The Morgan fingerprint density at radius 2 is 1.87 bits per heavy atom. The molecule has 3 N–H and O–H groups in total. The van der Waals surface area contributed by atoms with E-state index in [-0.39, 0.29) is 5.91 Å². The second-order valence-electron chi connectivity index (χ2n) is 7.86. The largest absolute Gasteiger partial charge is 0.384 e.